The first-order valence-electron chi connectivity index (χ1n) is 9.82. The predicted molar refractivity (Wildman–Crippen MR) is 121 cm³/mol. The quantitative estimate of drug-likeness (QED) is 0.427. The van der Waals surface area contributed by atoms with Gasteiger partial charge in [-0.05, 0) is 51.1 Å². The van der Waals surface area contributed by atoms with Crippen molar-refractivity contribution in [2.24, 2.45) is 0 Å². The molecular formula is C22H23N3O6S. The van der Waals surface area contributed by atoms with Gasteiger partial charge in [-0.15, -0.1) is 0 Å². The van der Waals surface area contributed by atoms with Crippen molar-refractivity contribution in [3.8, 4) is 0 Å². The lowest BCUT2D eigenvalue weighted by Crippen LogP contribution is -2.30. The molecule has 9 nitrogen and oxygen atoms in total. The van der Waals surface area contributed by atoms with E-state index in [1.165, 1.54) is 35.9 Å². The van der Waals surface area contributed by atoms with E-state index >= 15 is 0 Å². The fourth-order valence-electron chi connectivity index (χ4n) is 3.13. The number of hydrogen-bond acceptors (Lipinski definition) is 7. The summed E-state index contributed by atoms with van der Waals surface area (Å²) in [6, 6.07) is 12.1. The normalized spacial score (nSPS) is 12.5. The molecule has 2 aromatic carbocycles. The second-order valence-corrected chi connectivity index (χ2v) is 9.35. The summed E-state index contributed by atoms with van der Waals surface area (Å²) in [5, 5.41) is 4.86. The standard InChI is InChI=1S/C22H23N3O6S/c1-13(2)25-21(27)18-8-6-5-7-17(18)19(23-25)22(28)31-14(3)20(26)15-9-11-16(12-10-15)24-32(4,29)30/h5-14,24H,1-4H3. The summed E-state index contributed by atoms with van der Waals surface area (Å²) in [6.45, 7) is 4.98. The van der Waals surface area contributed by atoms with Crippen LogP contribution in [0.1, 0.15) is 47.7 Å². The van der Waals surface area contributed by atoms with Gasteiger partial charge >= 0.3 is 5.97 Å². The molecule has 0 bridgehead atoms. The zero-order chi connectivity index (χ0) is 23.6. The van der Waals surface area contributed by atoms with Gasteiger partial charge in [-0.25, -0.2) is 17.9 Å². The zero-order valence-electron chi connectivity index (χ0n) is 18.0. The first kappa shape index (κ1) is 23.1. The molecule has 1 aromatic heterocycles. The highest BCUT2D eigenvalue weighted by Crippen LogP contribution is 2.18. The number of nitrogens with zero attached hydrogens (tertiary/aromatic N) is 2. The van der Waals surface area contributed by atoms with Crippen LogP contribution < -0.4 is 10.3 Å². The van der Waals surface area contributed by atoms with Crippen LogP contribution in [0.25, 0.3) is 10.8 Å². The van der Waals surface area contributed by atoms with Crippen molar-refractivity contribution >= 4 is 38.2 Å². The smallest absolute Gasteiger partial charge is 0.360 e. The number of esters is 1. The van der Waals surface area contributed by atoms with Crippen molar-refractivity contribution in [2.45, 2.75) is 32.9 Å². The number of sulfonamides is 1. The van der Waals surface area contributed by atoms with Gasteiger partial charge in [0.05, 0.1) is 17.7 Å². The van der Waals surface area contributed by atoms with Crippen LogP contribution in [0.15, 0.2) is 53.3 Å². The third-order valence-electron chi connectivity index (χ3n) is 4.64. The molecule has 0 radical (unpaired) electrons. The van der Waals surface area contributed by atoms with Crippen molar-refractivity contribution in [1.29, 1.82) is 0 Å². The molecule has 32 heavy (non-hydrogen) atoms. The third-order valence-corrected chi connectivity index (χ3v) is 5.24. The molecule has 1 heterocycles. The van der Waals surface area contributed by atoms with E-state index in [0.29, 0.717) is 16.5 Å². The Morgan fingerprint density at radius 3 is 2.16 bits per heavy atom. The third kappa shape index (κ3) is 5.02. The number of Topliss-reactive ketones (excluding diaryl/α,β-unsaturated/α-hetero) is 1. The van der Waals surface area contributed by atoms with Gasteiger partial charge in [-0.1, -0.05) is 18.2 Å². The topological polar surface area (TPSA) is 124 Å². The van der Waals surface area contributed by atoms with E-state index in [1.54, 1.807) is 38.1 Å². The van der Waals surface area contributed by atoms with Gasteiger partial charge in [0, 0.05) is 16.6 Å². The highest BCUT2D eigenvalue weighted by atomic mass is 32.2. The van der Waals surface area contributed by atoms with Gasteiger partial charge in [0.25, 0.3) is 5.56 Å². The van der Waals surface area contributed by atoms with Crippen LogP contribution >= 0.6 is 0 Å². The van der Waals surface area contributed by atoms with Crippen molar-refractivity contribution < 1.29 is 22.7 Å². The first-order chi connectivity index (χ1) is 15.0. The molecule has 0 fully saturated rings. The Hall–Kier alpha value is -3.53. The largest absolute Gasteiger partial charge is 0.449 e. The van der Waals surface area contributed by atoms with Crippen LogP contribution in [-0.2, 0) is 14.8 Å². The van der Waals surface area contributed by atoms with E-state index in [4.69, 9.17) is 4.74 Å². The minimum absolute atomic E-state index is 0.0544. The number of carbonyl (C=O) groups is 2. The zero-order valence-corrected chi connectivity index (χ0v) is 18.8. The van der Waals surface area contributed by atoms with Gasteiger partial charge in [0.1, 0.15) is 0 Å². The number of ketones is 1. The molecule has 10 heteroatoms. The molecule has 3 rings (SSSR count). The molecule has 1 unspecified atom stereocenters. The van der Waals surface area contributed by atoms with E-state index in [0.717, 1.165) is 6.26 Å². The second-order valence-electron chi connectivity index (χ2n) is 7.60. The van der Waals surface area contributed by atoms with Gasteiger partial charge in [0.2, 0.25) is 15.8 Å². The average Bonchev–Trinajstić information content (AvgIpc) is 2.72. The molecule has 1 N–H and O–H groups in total. The monoisotopic (exact) mass is 457 g/mol. The molecule has 3 aromatic rings. The Bertz CT molecular complexity index is 1340. The molecule has 0 aliphatic carbocycles. The SMILES string of the molecule is CC(OC(=O)c1nn(C(C)C)c(=O)c2ccccc12)C(=O)c1ccc(NS(C)(=O)=O)cc1. The van der Waals surface area contributed by atoms with E-state index in [-0.39, 0.29) is 22.9 Å². The van der Waals surface area contributed by atoms with Crippen molar-refractivity contribution in [2.75, 3.05) is 11.0 Å². The lowest BCUT2D eigenvalue weighted by atomic mass is 10.1. The number of aromatic nitrogens is 2. The number of fused-ring (bicyclic) bond motifs is 1. The van der Waals surface area contributed by atoms with Crippen LogP contribution in [-0.4, -0.2) is 42.3 Å². The molecule has 0 amide bonds. The number of benzene rings is 2. The van der Waals surface area contributed by atoms with Crippen LogP contribution in [0.3, 0.4) is 0 Å². The summed E-state index contributed by atoms with van der Waals surface area (Å²) in [7, 11) is -3.44. The van der Waals surface area contributed by atoms with Crippen molar-refractivity contribution in [1.82, 2.24) is 9.78 Å². The molecule has 1 atom stereocenters. The highest BCUT2D eigenvalue weighted by Gasteiger charge is 2.24. The Morgan fingerprint density at radius 1 is 1.00 bits per heavy atom. The van der Waals surface area contributed by atoms with Crippen molar-refractivity contribution in [3.63, 3.8) is 0 Å². The molecule has 0 aliphatic rings. The minimum atomic E-state index is -3.44. The van der Waals surface area contributed by atoms with E-state index in [1.807, 2.05) is 0 Å². The number of anilines is 1. The van der Waals surface area contributed by atoms with Gasteiger partial charge < -0.3 is 4.74 Å². The van der Waals surface area contributed by atoms with E-state index in [9.17, 15) is 22.8 Å². The maximum absolute atomic E-state index is 12.9. The summed E-state index contributed by atoms with van der Waals surface area (Å²) in [4.78, 5) is 38.2. The highest BCUT2D eigenvalue weighted by molar-refractivity contribution is 7.92. The molecule has 0 spiro atoms. The number of rotatable bonds is 7. The lowest BCUT2D eigenvalue weighted by Gasteiger charge is -2.15. The lowest BCUT2D eigenvalue weighted by molar-refractivity contribution is 0.0312. The Labute approximate surface area is 185 Å². The first-order valence-corrected chi connectivity index (χ1v) is 11.7. The summed E-state index contributed by atoms with van der Waals surface area (Å²) >= 11 is 0. The van der Waals surface area contributed by atoms with E-state index < -0.39 is 27.9 Å². The Morgan fingerprint density at radius 2 is 1.59 bits per heavy atom. The summed E-state index contributed by atoms with van der Waals surface area (Å²) < 4.78 is 31.5. The second kappa shape index (κ2) is 8.91. The van der Waals surface area contributed by atoms with Gasteiger partial charge in [-0.3, -0.25) is 14.3 Å². The summed E-state index contributed by atoms with van der Waals surface area (Å²) in [5.41, 5.74) is 0.176. The van der Waals surface area contributed by atoms with Gasteiger partial charge in [-0.2, -0.15) is 5.10 Å². The Kier molecular flexibility index (Phi) is 6.45. The summed E-state index contributed by atoms with van der Waals surface area (Å²) in [5.74, 6) is -1.29. The maximum Gasteiger partial charge on any atom is 0.360 e. The maximum atomic E-state index is 12.9. The van der Waals surface area contributed by atoms with Crippen LogP contribution in [0.2, 0.25) is 0 Å². The fraction of sp³-hybridized carbons (Fsp3) is 0.273. The predicted octanol–water partition coefficient (Wildman–Crippen LogP) is 2.78. The molecular weight excluding hydrogens is 434 g/mol. The van der Waals surface area contributed by atoms with Crippen LogP contribution in [0, 0.1) is 0 Å². The number of ether oxygens (including phenoxy) is 1. The van der Waals surface area contributed by atoms with Crippen molar-refractivity contribution in [3.05, 3.63) is 70.1 Å². The Balaban J connectivity index is 1.86. The molecule has 0 aliphatic heterocycles. The number of carbonyl (C=O) groups excluding carboxylic acids is 2. The minimum Gasteiger partial charge on any atom is -0.449 e. The fourth-order valence-corrected chi connectivity index (χ4v) is 3.69. The van der Waals surface area contributed by atoms with Crippen LogP contribution in [0.5, 0.6) is 0 Å². The molecule has 0 saturated heterocycles. The number of hydrogen-bond donors (Lipinski definition) is 1. The molecule has 0 saturated carbocycles. The molecule has 168 valence electrons. The van der Waals surface area contributed by atoms with Gasteiger partial charge in [0.15, 0.2) is 11.8 Å². The van der Waals surface area contributed by atoms with E-state index in [2.05, 4.69) is 9.82 Å². The number of nitrogens with one attached hydrogen (secondary N) is 1. The summed E-state index contributed by atoms with van der Waals surface area (Å²) in [6.07, 6.45) is -0.107. The van der Waals surface area contributed by atoms with Crippen LogP contribution in [0.4, 0.5) is 5.69 Å². The average molecular weight is 458 g/mol.